The van der Waals surface area contributed by atoms with E-state index in [-0.39, 0.29) is 24.1 Å². The maximum absolute atomic E-state index is 12.6. The predicted octanol–water partition coefficient (Wildman–Crippen LogP) is 0.224. The van der Waals surface area contributed by atoms with E-state index in [2.05, 4.69) is 5.10 Å². The first-order valence-electron chi connectivity index (χ1n) is 8.44. The van der Waals surface area contributed by atoms with Crippen molar-refractivity contribution in [2.24, 2.45) is 7.05 Å². The monoisotopic (exact) mass is 345 g/mol. The van der Waals surface area contributed by atoms with Crippen LogP contribution in [0.3, 0.4) is 0 Å². The fraction of sp³-hybridized carbons (Fsp3) is 0.529. The standard InChI is InChI=1S/C17H23N5O3/c1-12-9-13(2)22(18-12)14-5-4-7-20(10-14)16(24)11-21-8-6-15(23)19(3)17(21)25/h6,8-9,14H,4-5,7,10-11H2,1-3H3. The summed E-state index contributed by atoms with van der Waals surface area (Å²) in [6.45, 7) is 5.18. The van der Waals surface area contributed by atoms with Crippen LogP contribution in [0.15, 0.2) is 27.9 Å². The molecule has 3 heterocycles. The first-order valence-corrected chi connectivity index (χ1v) is 8.44. The van der Waals surface area contributed by atoms with Crippen molar-refractivity contribution in [3.8, 4) is 0 Å². The first-order chi connectivity index (χ1) is 11.9. The van der Waals surface area contributed by atoms with Crippen LogP contribution < -0.4 is 11.2 Å². The zero-order valence-electron chi connectivity index (χ0n) is 14.8. The Morgan fingerprint density at radius 2 is 2.08 bits per heavy atom. The van der Waals surface area contributed by atoms with Gasteiger partial charge in [-0.25, -0.2) is 4.79 Å². The third-order valence-electron chi connectivity index (χ3n) is 4.71. The molecule has 0 aromatic carbocycles. The highest BCUT2D eigenvalue weighted by Gasteiger charge is 2.26. The average Bonchev–Trinajstić information content (AvgIpc) is 2.94. The molecule has 0 N–H and O–H groups in total. The number of likely N-dealkylation sites (tertiary alicyclic amines) is 1. The molecule has 25 heavy (non-hydrogen) atoms. The van der Waals surface area contributed by atoms with Gasteiger partial charge in [-0.2, -0.15) is 5.10 Å². The molecule has 1 unspecified atom stereocenters. The lowest BCUT2D eigenvalue weighted by atomic mass is 10.1. The molecule has 1 fully saturated rings. The predicted molar refractivity (Wildman–Crippen MR) is 92.5 cm³/mol. The molecule has 2 aromatic rings. The molecule has 1 saturated heterocycles. The van der Waals surface area contributed by atoms with Gasteiger partial charge >= 0.3 is 5.69 Å². The summed E-state index contributed by atoms with van der Waals surface area (Å²) < 4.78 is 4.27. The molecule has 8 heteroatoms. The van der Waals surface area contributed by atoms with Gasteiger partial charge in [0.2, 0.25) is 5.91 Å². The van der Waals surface area contributed by atoms with E-state index in [4.69, 9.17) is 0 Å². The largest absolute Gasteiger partial charge is 0.339 e. The topological polar surface area (TPSA) is 82.1 Å². The summed E-state index contributed by atoms with van der Waals surface area (Å²) in [6, 6.07) is 3.48. The Balaban J connectivity index is 1.74. The smallest absolute Gasteiger partial charge is 0.331 e. The van der Waals surface area contributed by atoms with Gasteiger partial charge in [-0.3, -0.25) is 23.4 Å². The van der Waals surface area contributed by atoms with Gasteiger partial charge in [0.15, 0.2) is 0 Å². The summed E-state index contributed by atoms with van der Waals surface area (Å²) in [7, 11) is 1.41. The van der Waals surface area contributed by atoms with Crippen LogP contribution in [0.25, 0.3) is 0 Å². The molecule has 0 bridgehead atoms. The van der Waals surface area contributed by atoms with E-state index in [1.54, 1.807) is 4.90 Å². The molecule has 1 amide bonds. The maximum atomic E-state index is 12.6. The van der Waals surface area contributed by atoms with Crippen LogP contribution in [0.5, 0.6) is 0 Å². The number of carbonyl (C=O) groups is 1. The van der Waals surface area contributed by atoms with Crippen molar-refractivity contribution in [3.05, 3.63) is 50.6 Å². The second-order valence-electron chi connectivity index (χ2n) is 6.63. The minimum absolute atomic E-state index is 0.0587. The van der Waals surface area contributed by atoms with E-state index >= 15 is 0 Å². The Bertz CT molecular complexity index is 908. The molecular formula is C17H23N5O3. The summed E-state index contributed by atoms with van der Waals surface area (Å²) in [5, 5.41) is 4.53. The summed E-state index contributed by atoms with van der Waals surface area (Å²) in [6.07, 6.45) is 3.26. The number of aromatic nitrogens is 4. The van der Waals surface area contributed by atoms with Gasteiger partial charge < -0.3 is 4.90 Å². The lowest BCUT2D eigenvalue weighted by Crippen LogP contribution is -2.45. The van der Waals surface area contributed by atoms with Crippen LogP contribution >= 0.6 is 0 Å². The highest BCUT2D eigenvalue weighted by Crippen LogP contribution is 2.23. The van der Waals surface area contributed by atoms with Crippen molar-refractivity contribution in [2.75, 3.05) is 13.1 Å². The number of hydrogen-bond donors (Lipinski definition) is 0. The molecule has 0 aliphatic carbocycles. The Labute approximate surface area is 145 Å². The highest BCUT2D eigenvalue weighted by atomic mass is 16.2. The number of carbonyl (C=O) groups excluding carboxylic acids is 1. The molecule has 2 aromatic heterocycles. The van der Waals surface area contributed by atoms with Crippen LogP contribution in [-0.4, -0.2) is 42.8 Å². The number of hydrogen-bond acceptors (Lipinski definition) is 4. The van der Waals surface area contributed by atoms with Crippen LogP contribution in [0.2, 0.25) is 0 Å². The van der Waals surface area contributed by atoms with Crippen molar-refractivity contribution in [1.29, 1.82) is 0 Å². The van der Waals surface area contributed by atoms with Gasteiger partial charge in [-0.05, 0) is 32.8 Å². The normalized spacial score (nSPS) is 17.7. The van der Waals surface area contributed by atoms with E-state index in [1.807, 2.05) is 24.6 Å². The van der Waals surface area contributed by atoms with Crippen molar-refractivity contribution >= 4 is 5.91 Å². The molecule has 0 spiro atoms. The number of amides is 1. The van der Waals surface area contributed by atoms with E-state index in [0.29, 0.717) is 13.1 Å². The molecule has 8 nitrogen and oxygen atoms in total. The summed E-state index contributed by atoms with van der Waals surface area (Å²) in [4.78, 5) is 38.0. The third kappa shape index (κ3) is 3.42. The number of rotatable bonds is 3. The van der Waals surface area contributed by atoms with Crippen LogP contribution in [0.4, 0.5) is 0 Å². The molecular weight excluding hydrogens is 322 g/mol. The number of piperidine rings is 1. The molecule has 0 saturated carbocycles. The second-order valence-corrected chi connectivity index (χ2v) is 6.63. The third-order valence-corrected chi connectivity index (χ3v) is 4.71. The quantitative estimate of drug-likeness (QED) is 0.797. The van der Waals surface area contributed by atoms with E-state index < -0.39 is 5.69 Å². The van der Waals surface area contributed by atoms with E-state index in [0.717, 1.165) is 28.8 Å². The lowest BCUT2D eigenvalue weighted by Gasteiger charge is -2.33. The van der Waals surface area contributed by atoms with Gasteiger partial charge in [0.1, 0.15) is 6.54 Å². The fourth-order valence-electron chi connectivity index (χ4n) is 3.38. The molecule has 1 aliphatic rings. The van der Waals surface area contributed by atoms with Crippen molar-refractivity contribution in [2.45, 2.75) is 39.3 Å². The maximum Gasteiger partial charge on any atom is 0.331 e. The average molecular weight is 345 g/mol. The number of nitrogens with zero attached hydrogens (tertiary/aromatic N) is 5. The zero-order chi connectivity index (χ0) is 18.1. The van der Waals surface area contributed by atoms with Gasteiger partial charge in [-0.15, -0.1) is 0 Å². The van der Waals surface area contributed by atoms with Crippen molar-refractivity contribution in [3.63, 3.8) is 0 Å². The lowest BCUT2D eigenvalue weighted by molar-refractivity contribution is -0.133. The fourth-order valence-corrected chi connectivity index (χ4v) is 3.38. The summed E-state index contributed by atoms with van der Waals surface area (Å²) in [5.74, 6) is -0.119. The van der Waals surface area contributed by atoms with E-state index in [9.17, 15) is 14.4 Å². The second kappa shape index (κ2) is 6.70. The van der Waals surface area contributed by atoms with Crippen LogP contribution in [0, 0.1) is 13.8 Å². The van der Waals surface area contributed by atoms with Crippen molar-refractivity contribution in [1.82, 2.24) is 23.8 Å². The minimum Gasteiger partial charge on any atom is -0.339 e. The van der Waals surface area contributed by atoms with Crippen molar-refractivity contribution < 1.29 is 4.79 Å². The Hall–Kier alpha value is -2.64. The van der Waals surface area contributed by atoms with Gasteiger partial charge in [0, 0.05) is 38.1 Å². The molecule has 1 atom stereocenters. The van der Waals surface area contributed by atoms with Gasteiger partial charge in [-0.1, -0.05) is 0 Å². The van der Waals surface area contributed by atoms with E-state index in [1.165, 1.54) is 23.9 Å². The molecule has 1 aliphatic heterocycles. The SMILES string of the molecule is Cc1cc(C)n(C2CCCN(C(=O)Cn3ccc(=O)n(C)c3=O)C2)n1. The molecule has 3 rings (SSSR count). The molecule has 134 valence electrons. The number of aryl methyl sites for hydroxylation is 2. The highest BCUT2D eigenvalue weighted by molar-refractivity contribution is 5.76. The molecule has 0 radical (unpaired) electrons. The van der Waals surface area contributed by atoms with Gasteiger partial charge in [0.05, 0.1) is 11.7 Å². The summed E-state index contributed by atoms with van der Waals surface area (Å²) >= 11 is 0. The Morgan fingerprint density at radius 3 is 2.76 bits per heavy atom. The Morgan fingerprint density at radius 1 is 1.32 bits per heavy atom. The van der Waals surface area contributed by atoms with Gasteiger partial charge in [0.25, 0.3) is 5.56 Å². The van der Waals surface area contributed by atoms with Crippen LogP contribution in [-0.2, 0) is 18.4 Å². The summed E-state index contributed by atoms with van der Waals surface area (Å²) in [5.41, 5.74) is 1.20. The first kappa shape index (κ1) is 17.2. The van der Waals surface area contributed by atoms with Crippen LogP contribution in [0.1, 0.15) is 30.3 Å². The Kier molecular flexibility index (Phi) is 4.61. The zero-order valence-corrected chi connectivity index (χ0v) is 14.8. The minimum atomic E-state index is -0.479.